The van der Waals surface area contributed by atoms with Gasteiger partial charge in [0.2, 0.25) is 0 Å². The van der Waals surface area contributed by atoms with E-state index in [0.29, 0.717) is 6.42 Å². The highest BCUT2D eigenvalue weighted by Crippen LogP contribution is 2.36. The summed E-state index contributed by atoms with van der Waals surface area (Å²) in [5.41, 5.74) is 5.02. The van der Waals surface area contributed by atoms with Crippen molar-refractivity contribution in [2.45, 2.75) is 64.7 Å². The topological polar surface area (TPSA) is 0 Å². The smallest absolute Gasteiger partial charge is 0.129 e. The molecular formula is C22H26F2. The maximum atomic E-state index is 14.4. The van der Waals surface area contributed by atoms with Crippen LogP contribution in [0.25, 0.3) is 0 Å². The lowest BCUT2D eigenvalue weighted by Crippen LogP contribution is -2.16. The monoisotopic (exact) mass is 328 g/mol. The molecule has 0 N–H and O–H groups in total. The van der Waals surface area contributed by atoms with E-state index < -0.39 is 0 Å². The van der Waals surface area contributed by atoms with Gasteiger partial charge in [0.15, 0.2) is 0 Å². The van der Waals surface area contributed by atoms with Gasteiger partial charge in [0, 0.05) is 5.56 Å². The third kappa shape index (κ3) is 3.53. The van der Waals surface area contributed by atoms with Gasteiger partial charge in [-0.1, -0.05) is 38.5 Å². The lowest BCUT2D eigenvalue weighted by Gasteiger charge is -2.26. The van der Waals surface area contributed by atoms with Crippen LogP contribution in [0.5, 0.6) is 0 Å². The zero-order valence-electron chi connectivity index (χ0n) is 14.7. The van der Waals surface area contributed by atoms with E-state index in [1.54, 1.807) is 0 Å². The van der Waals surface area contributed by atoms with E-state index in [0.717, 1.165) is 31.2 Å². The van der Waals surface area contributed by atoms with Gasteiger partial charge in [0.25, 0.3) is 0 Å². The minimum Gasteiger partial charge on any atom is -0.207 e. The average Bonchev–Trinajstić information content (AvgIpc) is 2.59. The molecule has 0 saturated heterocycles. The first-order valence-corrected chi connectivity index (χ1v) is 9.20. The maximum Gasteiger partial charge on any atom is 0.129 e. The largest absolute Gasteiger partial charge is 0.207 e. The molecule has 2 aromatic rings. The molecule has 1 aliphatic carbocycles. The lowest BCUT2D eigenvalue weighted by molar-refractivity contribution is 0.490. The summed E-state index contributed by atoms with van der Waals surface area (Å²) in [6.07, 6.45) is 6.66. The lowest BCUT2D eigenvalue weighted by atomic mass is 9.79. The van der Waals surface area contributed by atoms with Crippen LogP contribution in [0.15, 0.2) is 30.3 Å². The van der Waals surface area contributed by atoms with Crippen molar-refractivity contribution in [1.82, 2.24) is 0 Å². The Morgan fingerprint density at radius 3 is 2.38 bits per heavy atom. The van der Waals surface area contributed by atoms with E-state index in [1.165, 1.54) is 41.7 Å². The van der Waals surface area contributed by atoms with Crippen LogP contribution in [0.4, 0.5) is 8.78 Å². The Morgan fingerprint density at radius 2 is 1.71 bits per heavy atom. The highest BCUT2D eigenvalue weighted by molar-refractivity contribution is 5.38. The molecule has 0 aromatic heterocycles. The number of unbranched alkanes of at least 4 members (excludes halogenated alkanes) is 1. The Kier molecular flexibility index (Phi) is 5.33. The SMILES string of the molecule is CCCCc1ccc2c(c1)CCC(c1c(F)cc(CC)cc1F)C2. The molecule has 0 aliphatic heterocycles. The minimum absolute atomic E-state index is 0.0510. The summed E-state index contributed by atoms with van der Waals surface area (Å²) < 4.78 is 28.8. The van der Waals surface area contributed by atoms with Gasteiger partial charge in [-0.2, -0.15) is 0 Å². The van der Waals surface area contributed by atoms with Gasteiger partial charge in [-0.05, 0) is 78.8 Å². The molecule has 1 aliphatic rings. The molecule has 0 spiro atoms. The predicted molar refractivity (Wildman–Crippen MR) is 95.6 cm³/mol. The van der Waals surface area contributed by atoms with Gasteiger partial charge < -0.3 is 0 Å². The van der Waals surface area contributed by atoms with Crippen molar-refractivity contribution in [3.63, 3.8) is 0 Å². The number of fused-ring (bicyclic) bond motifs is 1. The molecule has 0 heterocycles. The summed E-state index contributed by atoms with van der Waals surface area (Å²) >= 11 is 0. The first-order valence-electron chi connectivity index (χ1n) is 9.20. The van der Waals surface area contributed by atoms with E-state index in [4.69, 9.17) is 0 Å². The normalized spacial score (nSPS) is 16.9. The van der Waals surface area contributed by atoms with Gasteiger partial charge in [-0.25, -0.2) is 8.78 Å². The molecule has 2 aromatic carbocycles. The van der Waals surface area contributed by atoms with Crippen molar-refractivity contribution in [2.24, 2.45) is 0 Å². The zero-order valence-corrected chi connectivity index (χ0v) is 14.7. The maximum absolute atomic E-state index is 14.4. The number of hydrogen-bond acceptors (Lipinski definition) is 0. The van der Waals surface area contributed by atoms with Crippen molar-refractivity contribution < 1.29 is 8.78 Å². The fourth-order valence-corrected chi connectivity index (χ4v) is 3.82. The standard InChI is InChI=1S/C22H26F2/c1-3-5-6-16-7-8-18-14-19(10-9-17(18)11-16)22-20(23)12-15(4-2)13-21(22)24/h7-8,11-13,19H,3-6,9-10,14H2,1-2H3. The van der Waals surface area contributed by atoms with E-state index in [-0.39, 0.29) is 23.1 Å². The van der Waals surface area contributed by atoms with Crippen molar-refractivity contribution in [1.29, 1.82) is 0 Å². The Bertz CT molecular complexity index is 695. The van der Waals surface area contributed by atoms with E-state index >= 15 is 0 Å². The number of rotatable bonds is 5. The van der Waals surface area contributed by atoms with Crippen LogP contribution >= 0.6 is 0 Å². The van der Waals surface area contributed by atoms with Crippen LogP contribution in [-0.4, -0.2) is 0 Å². The number of halogens is 2. The van der Waals surface area contributed by atoms with Crippen molar-refractivity contribution in [3.05, 3.63) is 69.8 Å². The molecule has 2 heteroatoms. The summed E-state index contributed by atoms with van der Waals surface area (Å²) in [4.78, 5) is 0. The highest BCUT2D eigenvalue weighted by atomic mass is 19.1. The number of hydrogen-bond donors (Lipinski definition) is 0. The number of benzene rings is 2. The Morgan fingerprint density at radius 1 is 0.958 bits per heavy atom. The first-order chi connectivity index (χ1) is 11.6. The van der Waals surface area contributed by atoms with Crippen molar-refractivity contribution in [2.75, 3.05) is 0 Å². The summed E-state index contributed by atoms with van der Waals surface area (Å²) in [5, 5.41) is 0. The highest BCUT2D eigenvalue weighted by Gasteiger charge is 2.25. The Labute approximate surface area is 143 Å². The summed E-state index contributed by atoms with van der Waals surface area (Å²) in [6, 6.07) is 9.66. The predicted octanol–water partition coefficient (Wildman–Crippen LogP) is 6.14. The van der Waals surface area contributed by atoms with Crippen LogP contribution in [0.3, 0.4) is 0 Å². The fourth-order valence-electron chi connectivity index (χ4n) is 3.82. The van der Waals surface area contributed by atoms with E-state index in [9.17, 15) is 8.78 Å². The molecule has 0 amide bonds. The fraction of sp³-hybridized carbons (Fsp3) is 0.455. The van der Waals surface area contributed by atoms with Crippen LogP contribution in [0, 0.1) is 11.6 Å². The van der Waals surface area contributed by atoms with Gasteiger partial charge in [0.05, 0.1) is 0 Å². The molecule has 0 bridgehead atoms. The molecule has 3 rings (SSSR count). The molecule has 0 fully saturated rings. The second-order valence-electron chi connectivity index (χ2n) is 6.97. The van der Waals surface area contributed by atoms with Gasteiger partial charge in [-0.3, -0.25) is 0 Å². The van der Waals surface area contributed by atoms with E-state index in [2.05, 4.69) is 25.1 Å². The Hall–Kier alpha value is -1.70. The second kappa shape index (κ2) is 7.46. The first kappa shape index (κ1) is 17.1. The molecular weight excluding hydrogens is 302 g/mol. The van der Waals surface area contributed by atoms with Crippen LogP contribution in [0.2, 0.25) is 0 Å². The zero-order chi connectivity index (χ0) is 17.1. The molecule has 1 unspecified atom stereocenters. The molecule has 0 nitrogen and oxygen atoms in total. The molecule has 128 valence electrons. The van der Waals surface area contributed by atoms with Gasteiger partial charge >= 0.3 is 0 Å². The minimum atomic E-state index is -0.375. The summed E-state index contributed by atoms with van der Waals surface area (Å²) in [7, 11) is 0. The third-order valence-corrected chi connectivity index (χ3v) is 5.27. The molecule has 1 atom stereocenters. The van der Waals surface area contributed by atoms with E-state index in [1.807, 2.05) is 6.92 Å². The average molecular weight is 328 g/mol. The quantitative estimate of drug-likeness (QED) is 0.618. The summed E-state index contributed by atoms with van der Waals surface area (Å²) in [5.74, 6) is -0.801. The molecule has 0 saturated carbocycles. The summed E-state index contributed by atoms with van der Waals surface area (Å²) in [6.45, 7) is 4.12. The van der Waals surface area contributed by atoms with Crippen molar-refractivity contribution >= 4 is 0 Å². The van der Waals surface area contributed by atoms with Crippen LogP contribution in [0.1, 0.15) is 66.8 Å². The third-order valence-electron chi connectivity index (χ3n) is 5.27. The van der Waals surface area contributed by atoms with Crippen molar-refractivity contribution in [3.8, 4) is 0 Å². The Balaban J connectivity index is 1.83. The molecule has 0 radical (unpaired) electrons. The number of aryl methyl sites for hydroxylation is 3. The molecule has 24 heavy (non-hydrogen) atoms. The van der Waals surface area contributed by atoms with Gasteiger partial charge in [-0.15, -0.1) is 0 Å². The second-order valence-corrected chi connectivity index (χ2v) is 6.97. The van der Waals surface area contributed by atoms with Crippen LogP contribution in [-0.2, 0) is 25.7 Å². The van der Waals surface area contributed by atoms with Gasteiger partial charge in [0.1, 0.15) is 11.6 Å². The van der Waals surface area contributed by atoms with Crippen LogP contribution < -0.4 is 0 Å².